The maximum Gasteiger partial charge on any atom is 0.243 e. The summed E-state index contributed by atoms with van der Waals surface area (Å²) in [7, 11) is 4.50. The zero-order valence-corrected chi connectivity index (χ0v) is 14.3. The van der Waals surface area contributed by atoms with Crippen molar-refractivity contribution >= 4 is 15.7 Å². The van der Waals surface area contributed by atoms with Gasteiger partial charge in [0, 0.05) is 38.9 Å². The Bertz CT molecular complexity index is 611. The first kappa shape index (κ1) is 16.3. The normalized spacial score (nSPS) is 20.2. The van der Waals surface area contributed by atoms with Gasteiger partial charge < -0.3 is 9.80 Å². The molecule has 21 heavy (non-hydrogen) atoms. The van der Waals surface area contributed by atoms with Gasteiger partial charge in [0.25, 0.3) is 0 Å². The van der Waals surface area contributed by atoms with Crippen LogP contribution in [-0.4, -0.2) is 64.9 Å². The molecule has 0 amide bonds. The lowest BCUT2D eigenvalue weighted by Crippen LogP contribution is -2.34. The second-order valence-corrected chi connectivity index (χ2v) is 8.02. The molecule has 1 aromatic rings. The highest BCUT2D eigenvalue weighted by molar-refractivity contribution is 7.89. The molecule has 1 aliphatic heterocycles. The van der Waals surface area contributed by atoms with E-state index < -0.39 is 10.0 Å². The third-order valence-electron chi connectivity index (χ3n) is 4.15. The molecule has 1 atom stereocenters. The summed E-state index contributed by atoms with van der Waals surface area (Å²) in [5, 5.41) is 0. The predicted molar refractivity (Wildman–Crippen MR) is 86.4 cm³/mol. The van der Waals surface area contributed by atoms with Crippen LogP contribution in [0.1, 0.15) is 12.0 Å². The smallest absolute Gasteiger partial charge is 0.243 e. The molecular weight excluding hydrogens is 286 g/mol. The second kappa shape index (κ2) is 5.94. The van der Waals surface area contributed by atoms with Gasteiger partial charge in [-0.1, -0.05) is 0 Å². The second-order valence-electron chi connectivity index (χ2n) is 6.11. The Morgan fingerprint density at radius 2 is 1.86 bits per heavy atom. The summed E-state index contributed by atoms with van der Waals surface area (Å²) >= 11 is 0. The minimum Gasteiger partial charge on any atom is -0.378 e. The molecule has 0 bridgehead atoms. The van der Waals surface area contributed by atoms with E-state index >= 15 is 0 Å². The standard InChI is InChI=1S/C15H25N3O2S/c1-12-10-13(16(2)3)6-7-15(12)21(19,20)18-9-8-14(11-18)17(4)5/h6-7,10,14H,8-9,11H2,1-5H3. The summed E-state index contributed by atoms with van der Waals surface area (Å²) in [6.45, 7) is 3.03. The Morgan fingerprint density at radius 3 is 2.33 bits per heavy atom. The first-order valence-corrected chi connectivity index (χ1v) is 8.62. The van der Waals surface area contributed by atoms with Crippen molar-refractivity contribution in [1.29, 1.82) is 0 Å². The Balaban J connectivity index is 2.29. The van der Waals surface area contributed by atoms with E-state index in [-0.39, 0.29) is 0 Å². The number of anilines is 1. The van der Waals surface area contributed by atoms with Crippen LogP contribution in [0.4, 0.5) is 5.69 Å². The van der Waals surface area contributed by atoms with Gasteiger partial charge in [0.05, 0.1) is 4.90 Å². The molecule has 6 heteroatoms. The van der Waals surface area contributed by atoms with Crippen LogP contribution in [-0.2, 0) is 10.0 Å². The topological polar surface area (TPSA) is 43.9 Å². The van der Waals surface area contributed by atoms with Crippen LogP contribution in [0.2, 0.25) is 0 Å². The SMILES string of the molecule is Cc1cc(N(C)C)ccc1S(=O)(=O)N1CCC(N(C)C)C1. The highest BCUT2D eigenvalue weighted by Gasteiger charge is 2.34. The third kappa shape index (κ3) is 3.22. The van der Waals surface area contributed by atoms with E-state index in [9.17, 15) is 8.42 Å². The lowest BCUT2D eigenvalue weighted by atomic mass is 10.2. The summed E-state index contributed by atoms with van der Waals surface area (Å²) in [5.74, 6) is 0. The molecule has 0 radical (unpaired) electrons. The van der Waals surface area contributed by atoms with E-state index in [1.54, 1.807) is 10.4 Å². The molecule has 2 rings (SSSR count). The minimum absolute atomic E-state index is 0.307. The fourth-order valence-corrected chi connectivity index (χ4v) is 4.39. The molecule has 1 fully saturated rings. The molecule has 1 saturated heterocycles. The van der Waals surface area contributed by atoms with Gasteiger partial charge in [-0.15, -0.1) is 0 Å². The largest absolute Gasteiger partial charge is 0.378 e. The van der Waals surface area contributed by atoms with Gasteiger partial charge in [0.15, 0.2) is 0 Å². The van der Waals surface area contributed by atoms with E-state index in [1.807, 2.05) is 52.1 Å². The van der Waals surface area contributed by atoms with Crippen molar-refractivity contribution in [2.24, 2.45) is 0 Å². The molecule has 1 unspecified atom stereocenters. The number of benzene rings is 1. The van der Waals surface area contributed by atoms with Crippen LogP contribution in [0.25, 0.3) is 0 Å². The van der Waals surface area contributed by atoms with Crippen molar-refractivity contribution in [2.75, 3.05) is 46.2 Å². The monoisotopic (exact) mass is 311 g/mol. The van der Waals surface area contributed by atoms with Crippen LogP contribution in [0.3, 0.4) is 0 Å². The van der Waals surface area contributed by atoms with Crippen molar-refractivity contribution in [1.82, 2.24) is 9.21 Å². The molecule has 0 saturated carbocycles. The number of rotatable bonds is 4. The first-order chi connectivity index (χ1) is 9.73. The van der Waals surface area contributed by atoms with E-state index in [0.29, 0.717) is 24.0 Å². The summed E-state index contributed by atoms with van der Waals surface area (Å²) in [6.07, 6.45) is 0.890. The summed E-state index contributed by atoms with van der Waals surface area (Å²) in [5.41, 5.74) is 1.81. The average molecular weight is 311 g/mol. The Labute approximate surface area is 128 Å². The summed E-state index contributed by atoms with van der Waals surface area (Å²) < 4.78 is 27.2. The number of hydrogen-bond acceptors (Lipinski definition) is 4. The van der Waals surface area contributed by atoms with E-state index in [2.05, 4.69) is 4.90 Å². The van der Waals surface area contributed by atoms with Crippen molar-refractivity contribution in [3.05, 3.63) is 23.8 Å². The van der Waals surface area contributed by atoms with Gasteiger partial charge in [0.2, 0.25) is 10.0 Å². The lowest BCUT2D eigenvalue weighted by Gasteiger charge is -2.21. The van der Waals surface area contributed by atoms with Gasteiger partial charge >= 0.3 is 0 Å². The highest BCUT2D eigenvalue weighted by atomic mass is 32.2. The molecular formula is C15H25N3O2S. The van der Waals surface area contributed by atoms with Gasteiger partial charge in [-0.05, 0) is 51.2 Å². The highest BCUT2D eigenvalue weighted by Crippen LogP contribution is 2.27. The molecule has 118 valence electrons. The van der Waals surface area contributed by atoms with Crippen LogP contribution in [0, 0.1) is 6.92 Å². The lowest BCUT2D eigenvalue weighted by molar-refractivity contribution is 0.302. The Hall–Kier alpha value is -1.11. The van der Waals surface area contributed by atoms with Crippen LogP contribution < -0.4 is 4.90 Å². The minimum atomic E-state index is -3.39. The summed E-state index contributed by atoms with van der Waals surface area (Å²) in [6, 6.07) is 5.82. The molecule has 0 N–H and O–H groups in total. The predicted octanol–water partition coefficient (Wildman–Crippen LogP) is 1.39. The average Bonchev–Trinajstić information content (AvgIpc) is 2.88. The summed E-state index contributed by atoms with van der Waals surface area (Å²) in [4.78, 5) is 4.49. The molecule has 1 heterocycles. The van der Waals surface area contributed by atoms with Crippen molar-refractivity contribution in [2.45, 2.75) is 24.3 Å². The molecule has 0 aliphatic carbocycles. The molecule has 0 spiro atoms. The van der Waals surface area contributed by atoms with Gasteiger partial charge in [-0.2, -0.15) is 4.31 Å². The van der Waals surface area contributed by atoms with Gasteiger partial charge in [-0.3, -0.25) is 0 Å². The Morgan fingerprint density at radius 1 is 1.19 bits per heavy atom. The van der Waals surface area contributed by atoms with E-state index in [1.165, 1.54) is 0 Å². The van der Waals surface area contributed by atoms with Crippen LogP contribution >= 0.6 is 0 Å². The maximum absolute atomic E-state index is 12.8. The van der Waals surface area contributed by atoms with Gasteiger partial charge in [0.1, 0.15) is 0 Å². The van der Waals surface area contributed by atoms with Crippen LogP contribution in [0.5, 0.6) is 0 Å². The number of hydrogen-bond donors (Lipinski definition) is 0. The fraction of sp³-hybridized carbons (Fsp3) is 0.600. The molecule has 0 aromatic heterocycles. The zero-order chi connectivity index (χ0) is 15.8. The Kier molecular flexibility index (Phi) is 4.60. The maximum atomic E-state index is 12.8. The van der Waals surface area contributed by atoms with Crippen molar-refractivity contribution in [3.63, 3.8) is 0 Å². The number of sulfonamides is 1. The number of nitrogens with zero attached hydrogens (tertiary/aromatic N) is 3. The molecule has 5 nitrogen and oxygen atoms in total. The van der Waals surface area contributed by atoms with Crippen molar-refractivity contribution in [3.8, 4) is 0 Å². The first-order valence-electron chi connectivity index (χ1n) is 7.18. The van der Waals surface area contributed by atoms with E-state index in [0.717, 1.165) is 17.7 Å². The third-order valence-corrected chi connectivity index (χ3v) is 6.17. The zero-order valence-electron chi connectivity index (χ0n) is 13.5. The van der Waals surface area contributed by atoms with Crippen LogP contribution in [0.15, 0.2) is 23.1 Å². The number of aryl methyl sites for hydroxylation is 1. The molecule has 1 aromatic carbocycles. The molecule has 1 aliphatic rings. The van der Waals surface area contributed by atoms with Gasteiger partial charge in [-0.25, -0.2) is 8.42 Å². The number of likely N-dealkylation sites (N-methyl/N-ethyl adjacent to an activating group) is 1. The quantitative estimate of drug-likeness (QED) is 0.843. The van der Waals surface area contributed by atoms with Crippen molar-refractivity contribution < 1.29 is 8.42 Å². The van der Waals surface area contributed by atoms with E-state index in [4.69, 9.17) is 0 Å². The fourth-order valence-electron chi connectivity index (χ4n) is 2.69.